The molecule has 1 unspecified atom stereocenters. The Morgan fingerprint density at radius 1 is 1.58 bits per heavy atom. The average Bonchev–Trinajstić information content (AvgIpc) is 2.16. The maximum atomic E-state index is 5.58. The molecule has 1 rings (SSSR count). The number of aliphatic imine (C=N–C) groups is 1. The zero-order valence-corrected chi connectivity index (χ0v) is 7.75. The van der Waals surface area contributed by atoms with Crippen LogP contribution in [0.1, 0.15) is 32.6 Å². The summed E-state index contributed by atoms with van der Waals surface area (Å²) in [5.41, 5.74) is 5.58. The van der Waals surface area contributed by atoms with Gasteiger partial charge in [-0.25, -0.2) is 0 Å². The van der Waals surface area contributed by atoms with Gasteiger partial charge in [0.2, 0.25) is 0 Å². The Morgan fingerprint density at radius 2 is 2.42 bits per heavy atom. The smallest absolute Gasteiger partial charge is 0.0935 e. The van der Waals surface area contributed by atoms with E-state index in [0.29, 0.717) is 6.10 Å². The Bertz CT molecular complexity index is 151. The van der Waals surface area contributed by atoms with E-state index in [2.05, 4.69) is 4.99 Å². The maximum absolute atomic E-state index is 5.58. The average molecular weight is 170 g/mol. The summed E-state index contributed by atoms with van der Waals surface area (Å²) in [6.07, 6.45) is 4.77. The van der Waals surface area contributed by atoms with Crippen LogP contribution in [0.15, 0.2) is 4.99 Å². The normalized spacial score (nSPS) is 25.8. The van der Waals surface area contributed by atoms with Crippen molar-refractivity contribution < 1.29 is 4.74 Å². The highest BCUT2D eigenvalue weighted by molar-refractivity contribution is 5.79. The first-order chi connectivity index (χ1) is 5.83. The molecule has 0 radical (unpaired) electrons. The molecule has 0 saturated carbocycles. The number of amidine groups is 1. The number of hydrogen-bond acceptors (Lipinski definition) is 2. The molecule has 0 aromatic carbocycles. The van der Waals surface area contributed by atoms with E-state index in [1.54, 1.807) is 0 Å². The van der Waals surface area contributed by atoms with Crippen molar-refractivity contribution in [2.75, 3.05) is 13.2 Å². The molecule has 12 heavy (non-hydrogen) atoms. The predicted octanol–water partition coefficient (Wildman–Crippen LogP) is 1.32. The van der Waals surface area contributed by atoms with Crippen molar-refractivity contribution in [3.05, 3.63) is 0 Å². The third kappa shape index (κ3) is 3.22. The van der Waals surface area contributed by atoms with Crippen LogP contribution in [0.25, 0.3) is 0 Å². The first-order valence-electron chi connectivity index (χ1n) is 4.73. The fraction of sp³-hybridized carbons (Fsp3) is 0.889. The van der Waals surface area contributed by atoms with E-state index in [1.807, 2.05) is 6.92 Å². The molecule has 70 valence electrons. The highest BCUT2D eigenvalue weighted by atomic mass is 16.5. The fourth-order valence-electron chi connectivity index (χ4n) is 1.28. The second kappa shape index (κ2) is 5.14. The van der Waals surface area contributed by atoms with Gasteiger partial charge in [-0.05, 0) is 19.3 Å². The number of ether oxygens (including phenoxy) is 1. The largest absolute Gasteiger partial charge is 0.387 e. The molecule has 1 aliphatic heterocycles. The Morgan fingerprint density at radius 3 is 3.00 bits per heavy atom. The van der Waals surface area contributed by atoms with Gasteiger partial charge >= 0.3 is 0 Å². The van der Waals surface area contributed by atoms with Crippen molar-refractivity contribution in [1.82, 2.24) is 0 Å². The van der Waals surface area contributed by atoms with Crippen LogP contribution in [0.5, 0.6) is 0 Å². The second-order valence-corrected chi connectivity index (χ2v) is 3.17. The van der Waals surface area contributed by atoms with Gasteiger partial charge in [0.1, 0.15) is 0 Å². The Hall–Kier alpha value is -0.570. The topological polar surface area (TPSA) is 47.6 Å². The molecular weight excluding hydrogens is 152 g/mol. The zero-order valence-electron chi connectivity index (χ0n) is 7.75. The van der Waals surface area contributed by atoms with E-state index in [0.717, 1.165) is 31.8 Å². The van der Waals surface area contributed by atoms with Gasteiger partial charge in [-0.2, -0.15) is 0 Å². The van der Waals surface area contributed by atoms with E-state index in [1.165, 1.54) is 12.8 Å². The summed E-state index contributed by atoms with van der Waals surface area (Å²) in [6.45, 7) is 3.66. The summed E-state index contributed by atoms with van der Waals surface area (Å²) in [6, 6.07) is 0. The molecule has 1 aliphatic rings. The molecule has 0 aliphatic carbocycles. The Kier molecular flexibility index (Phi) is 4.08. The lowest BCUT2D eigenvalue weighted by Crippen LogP contribution is -2.23. The molecule has 1 saturated heterocycles. The van der Waals surface area contributed by atoms with Crippen molar-refractivity contribution in [3.8, 4) is 0 Å². The van der Waals surface area contributed by atoms with E-state index >= 15 is 0 Å². The van der Waals surface area contributed by atoms with Crippen molar-refractivity contribution in [3.63, 3.8) is 0 Å². The second-order valence-electron chi connectivity index (χ2n) is 3.17. The van der Waals surface area contributed by atoms with Crippen molar-refractivity contribution >= 4 is 5.84 Å². The van der Waals surface area contributed by atoms with Crippen LogP contribution in [-0.2, 0) is 4.74 Å². The van der Waals surface area contributed by atoms with Gasteiger partial charge in [0.25, 0.3) is 0 Å². The van der Waals surface area contributed by atoms with Crippen LogP contribution in [0.3, 0.4) is 0 Å². The van der Waals surface area contributed by atoms with Crippen molar-refractivity contribution in [2.24, 2.45) is 10.7 Å². The highest BCUT2D eigenvalue weighted by Crippen LogP contribution is 2.12. The van der Waals surface area contributed by atoms with Crippen molar-refractivity contribution in [1.29, 1.82) is 0 Å². The summed E-state index contributed by atoms with van der Waals surface area (Å²) < 4.78 is 5.51. The molecule has 0 aromatic heterocycles. The molecule has 0 spiro atoms. The number of nitrogens with two attached hydrogens (primary N) is 1. The SMILES string of the molecule is CCC(N)=NCC1CCCCO1. The molecule has 1 fully saturated rings. The minimum Gasteiger partial charge on any atom is -0.387 e. The van der Waals surface area contributed by atoms with Gasteiger partial charge in [0.05, 0.1) is 18.5 Å². The maximum Gasteiger partial charge on any atom is 0.0935 e. The Balaban J connectivity index is 2.21. The third-order valence-corrected chi connectivity index (χ3v) is 2.13. The molecular formula is C9H18N2O. The summed E-state index contributed by atoms with van der Waals surface area (Å²) >= 11 is 0. The number of rotatable bonds is 3. The lowest BCUT2D eigenvalue weighted by molar-refractivity contribution is 0.0225. The summed E-state index contributed by atoms with van der Waals surface area (Å²) in [4.78, 5) is 4.24. The lowest BCUT2D eigenvalue weighted by Gasteiger charge is -2.20. The van der Waals surface area contributed by atoms with Gasteiger partial charge in [-0.3, -0.25) is 4.99 Å². The lowest BCUT2D eigenvalue weighted by atomic mass is 10.1. The fourth-order valence-corrected chi connectivity index (χ4v) is 1.28. The highest BCUT2D eigenvalue weighted by Gasteiger charge is 2.12. The van der Waals surface area contributed by atoms with Gasteiger partial charge in [-0.15, -0.1) is 0 Å². The molecule has 3 nitrogen and oxygen atoms in total. The predicted molar refractivity (Wildman–Crippen MR) is 50.4 cm³/mol. The van der Waals surface area contributed by atoms with Gasteiger partial charge < -0.3 is 10.5 Å². The molecule has 0 amide bonds. The van der Waals surface area contributed by atoms with E-state index < -0.39 is 0 Å². The summed E-state index contributed by atoms with van der Waals surface area (Å²) in [5, 5.41) is 0. The molecule has 2 N–H and O–H groups in total. The molecule has 3 heteroatoms. The number of nitrogens with zero attached hydrogens (tertiary/aromatic N) is 1. The minimum atomic E-state index is 0.323. The van der Waals surface area contributed by atoms with Crippen LogP contribution in [0, 0.1) is 0 Å². The summed E-state index contributed by atoms with van der Waals surface area (Å²) in [5.74, 6) is 0.740. The van der Waals surface area contributed by atoms with Crippen LogP contribution in [0.2, 0.25) is 0 Å². The van der Waals surface area contributed by atoms with E-state index in [-0.39, 0.29) is 0 Å². The first kappa shape index (κ1) is 9.52. The minimum absolute atomic E-state index is 0.323. The monoisotopic (exact) mass is 170 g/mol. The van der Waals surface area contributed by atoms with Crippen LogP contribution < -0.4 is 5.73 Å². The van der Waals surface area contributed by atoms with Gasteiger partial charge in [0, 0.05) is 13.0 Å². The van der Waals surface area contributed by atoms with E-state index in [9.17, 15) is 0 Å². The van der Waals surface area contributed by atoms with Crippen LogP contribution in [-0.4, -0.2) is 25.1 Å². The quantitative estimate of drug-likeness (QED) is 0.513. The van der Waals surface area contributed by atoms with Gasteiger partial charge in [-0.1, -0.05) is 6.92 Å². The molecule has 0 bridgehead atoms. The number of hydrogen-bond donors (Lipinski definition) is 1. The first-order valence-corrected chi connectivity index (χ1v) is 4.73. The van der Waals surface area contributed by atoms with E-state index in [4.69, 9.17) is 10.5 Å². The van der Waals surface area contributed by atoms with Crippen molar-refractivity contribution in [2.45, 2.75) is 38.7 Å². The molecule has 1 heterocycles. The third-order valence-electron chi connectivity index (χ3n) is 2.13. The van der Waals surface area contributed by atoms with Crippen LogP contribution >= 0.6 is 0 Å². The molecule has 0 aromatic rings. The molecule has 1 atom stereocenters. The van der Waals surface area contributed by atoms with Gasteiger partial charge in [0.15, 0.2) is 0 Å². The summed E-state index contributed by atoms with van der Waals surface area (Å²) in [7, 11) is 0. The Labute approximate surface area is 74.0 Å². The zero-order chi connectivity index (χ0) is 8.81. The standard InChI is InChI=1S/C9H18N2O/c1-2-9(10)11-7-8-5-3-4-6-12-8/h8H,2-7H2,1H3,(H2,10,11). The van der Waals surface area contributed by atoms with Crippen LogP contribution in [0.4, 0.5) is 0 Å².